The van der Waals surface area contributed by atoms with E-state index in [0.717, 1.165) is 23.6 Å². The van der Waals surface area contributed by atoms with Crippen LogP contribution in [0, 0.1) is 0 Å². The molecule has 0 spiro atoms. The van der Waals surface area contributed by atoms with Gasteiger partial charge >= 0.3 is 0 Å². The maximum absolute atomic E-state index is 11.8. The molecule has 1 rings (SSSR count). The van der Waals surface area contributed by atoms with Gasteiger partial charge in [0.25, 0.3) is 0 Å². The number of carbonyl (C=O) groups is 1. The summed E-state index contributed by atoms with van der Waals surface area (Å²) in [5.74, 6) is 0.109. The van der Waals surface area contributed by atoms with Crippen molar-refractivity contribution < 1.29 is 4.79 Å². The second-order valence-corrected chi connectivity index (χ2v) is 6.34. The van der Waals surface area contributed by atoms with Crippen LogP contribution in [0.3, 0.4) is 0 Å². The summed E-state index contributed by atoms with van der Waals surface area (Å²) in [5.41, 5.74) is 1.14. The van der Waals surface area contributed by atoms with Crippen molar-refractivity contribution >= 4 is 17.5 Å². The van der Waals surface area contributed by atoms with E-state index in [1.807, 2.05) is 24.3 Å². The molecule has 0 unspecified atom stereocenters. The van der Waals surface area contributed by atoms with E-state index >= 15 is 0 Å². The second kappa shape index (κ2) is 9.06. The number of aryl methyl sites for hydroxylation is 1. The first-order valence-corrected chi connectivity index (χ1v) is 8.05. The van der Waals surface area contributed by atoms with Crippen LogP contribution in [0.25, 0.3) is 0 Å². The lowest BCUT2D eigenvalue weighted by Gasteiger charge is -2.30. The van der Waals surface area contributed by atoms with E-state index in [0.29, 0.717) is 25.0 Å². The van der Waals surface area contributed by atoms with Crippen molar-refractivity contribution in [1.82, 2.24) is 10.2 Å². The van der Waals surface area contributed by atoms with Gasteiger partial charge in [-0.15, -0.1) is 0 Å². The predicted octanol–water partition coefficient (Wildman–Crippen LogP) is 3.51. The first-order valence-electron chi connectivity index (χ1n) is 7.67. The van der Waals surface area contributed by atoms with Gasteiger partial charge in [0.1, 0.15) is 0 Å². The number of rotatable bonds is 8. The zero-order chi connectivity index (χ0) is 15.8. The molecule has 0 fully saturated rings. The highest BCUT2D eigenvalue weighted by atomic mass is 35.5. The van der Waals surface area contributed by atoms with Gasteiger partial charge in [0.2, 0.25) is 5.91 Å². The monoisotopic (exact) mass is 310 g/mol. The molecular formula is C17H27ClN2O. The Hall–Kier alpha value is -1.06. The summed E-state index contributed by atoms with van der Waals surface area (Å²) in [6.45, 7) is 10.3. The minimum Gasteiger partial charge on any atom is -0.355 e. The maximum Gasteiger partial charge on any atom is 0.220 e. The molecule has 0 aliphatic rings. The summed E-state index contributed by atoms with van der Waals surface area (Å²) < 4.78 is 0. The van der Waals surface area contributed by atoms with E-state index in [9.17, 15) is 4.79 Å². The topological polar surface area (TPSA) is 32.3 Å². The number of carbonyl (C=O) groups excluding carboxylic acids is 1. The van der Waals surface area contributed by atoms with Gasteiger partial charge < -0.3 is 5.32 Å². The fourth-order valence-corrected chi connectivity index (χ4v) is 2.56. The van der Waals surface area contributed by atoms with E-state index in [2.05, 4.69) is 37.9 Å². The smallest absolute Gasteiger partial charge is 0.220 e. The highest BCUT2D eigenvalue weighted by molar-refractivity contribution is 6.30. The Morgan fingerprint density at radius 2 is 1.71 bits per heavy atom. The van der Waals surface area contributed by atoms with Crippen molar-refractivity contribution in [3.05, 3.63) is 34.9 Å². The maximum atomic E-state index is 11.8. The van der Waals surface area contributed by atoms with Crippen molar-refractivity contribution in [2.45, 2.75) is 52.6 Å². The molecule has 3 nitrogen and oxygen atoms in total. The van der Waals surface area contributed by atoms with Gasteiger partial charge in [0.15, 0.2) is 0 Å². The third-order valence-electron chi connectivity index (χ3n) is 3.57. The standard InChI is InChI=1S/C17H27ClN2O/c1-13(2)20(14(3)4)12-11-19-17(21)10-7-15-5-8-16(18)9-6-15/h5-6,8-9,13-14H,7,10-12H2,1-4H3,(H,19,21). The molecule has 0 aromatic heterocycles. The van der Waals surface area contributed by atoms with Crippen LogP contribution in [0.4, 0.5) is 0 Å². The number of benzene rings is 1. The molecule has 4 heteroatoms. The average Bonchev–Trinajstić information content (AvgIpc) is 2.42. The number of amides is 1. The third-order valence-corrected chi connectivity index (χ3v) is 3.82. The van der Waals surface area contributed by atoms with Gasteiger partial charge in [-0.1, -0.05) is 23.7 Å². The van der Waals surface area contributed by atoms with Crippen molar-refractivity contribution in [2.75, 3.05) is 13.1 Å². The van der Waals surface area contributed by atoms with Crippen molar-refractivity contribution in [2.24, 2.45) is 0 Å². The van der Waals surface area contributed by atoms with Gasteiger partial charge in [-0.3, -0.25) is 9.69 Å². The van der Waals surface area contributed by atoms with Crippen LogP contribution >= 0.6 is 11.6 Å². The third kappa shape index (κ3) is 6.96. The van der Waals surface area contributed by atoms with Gasteiger partial charge in [-0.25, -0.2) is 0 Å². The normalized spacial score (nSPS) is 11.4. The van der Waals surface area contributed by atoms with Crippen molar-refractivity contribution in [1.29, 1.82) is 0 Å². The molecule has 1 aromatic rings. The molecule has 0 heterocycles. The fraction of sp³-hybridized carbons (Fsp3) is 0.588. The predicted molar refractivity (Wildman–Crippen MR) is 89.8 cm³/mol. The number of hydrogen-bond acceptors (Lipinski definition) is 2. The Labute approximate surface area is 133 Å². The quantitative estimate of drug-likeness (QED) is 0.797. The van der Waals surface area contributed by atoms with Crippen LogP contribution in [0.5, 0.6) is 0 Å². The largest absolute Gasteiger partial charge is 0.355 e. The van der Waals surface area contributed by atoms with Crippen LogP contribution in [0.2, 0.25) is 5.02 Å². The summed E-state index contributed by atoms with van der Waals surface area (Å²) in [5, 5.41) is 3.73. The number of nitrogens with one attached hydrogen (secondary N) is 1. The lowest BCUT2D eigenvalue weighted by Crippen LogP contribution is -2.42. The minimum absolute atomic E-state index is 0.109. The second-order valence-electron chi connectivity index (χ2n) is 5.90. The van der Waals surface area contributed by atoms with Gasteiger partial charge in [0, 0.05) is 36.6 Å². The van der Waals surface area contributed by atoms with Crippen molar-refractivity contribution in [3.8, 4) is 0 Å². The SMILES string of the molecule is CC(C)N(CCNC(=O)CCc1ccc(Cl)cc1)C(C)C. The molecule has 21 heavy (non-hydrogen) atoms. The van der Waals surface area contributed by atoms with Gasteiger partial charge in [-0.05, 0) is 51.8 Å². The Balaban J connectivity index is 2.26. The summed E-state index contributed by atoms with van der Waals surface area (Å²) in [4.78, 5) is 14.2. The van der Waals surface area contributed by atoms with E-state index in [4.69, 9.17) is 11.6 Å². The summed E-state index contributed by atoms with van der Waals surface area (Å²) in [6, 6.07) is 8.64. The lowest BCUT2D eigenvalue weighted by atomic mass is 10.1. The molecule has 0 atom stereocenters. The van der Waals surface area contributed by atoms with Crippen LogP contribution < -0.4 is 5.32 Å². The zero-order valence-electron chi connectivity index (χ0n) is 13.5. The molecule has 0 aliphatic carbocycles. The summed E-state index contributed by atoms with van der Waals surface area (Å²) in [7, 11) is 0. The molecule has 0 aliphatic heterocycles. The number of nitrogens with zero attached hydrogens (tertiary/aromatic N) is 1. The van der Waals surface area contributed by atoms with Crippen LogP contribution in [0.1, 0.15) is 39.7 Å². The zero-order valence-corrected chi connectivity index (χ0v) is 14.3. The molecule has 118 valence electrons. The van der Waals surface area contributed by atoms with Crippen LogP contribution in [-0.4, -0.2) is 36.0 Å². The molecule has 1 N–H and O–H groups in total. The molecular weight excluding hydrogens is 284 g/mol. The molecule has 0 saturated carbocycles. The first kappa shape index (κ1) is 18.0. The molecule has 0 saturated heterocycles. The van der Waals surface area contributed by atoms with Crippen LogP contribution in [-0.2, 0) is 11.2 Å². The molecule has 0 radical (unpaired) electrons. The van der Waals surface area contributed by atoms with Crippen LogP contribution in [0.15, 0.2) is 24.3 Å². The van der Waals surface area contributed by atoms with E-state index < -0.39 is 0 Å². The fourth-order valence-electron chi connectivity index (χ4n) is 2.43. The minimum atomic E-state index is 0.109. The summed E-state index contributed by atoms with van der Waals surface area (Å²) >= 11 is 5.84. The highest BCUT2D eigenvalue weighted by Crippen LogP contribution is 2.10. The number of halogens is 1. The molecule has 1 aromatic carbocycles. The van der Waals surface area contributed by atoms with Gasteiger partial charge in [0.05, 0.1) is 0 Å². The molecule has 0 bridgehead atoms. The number of hydrogen-bond donors (Lipinski definition) is 1. The van der Waals surface area contributed by atoms with Crippen molar-refractivity contribution in [3.63, 3.8) is 0 Å². The Kier molecular flexibility index (Phi) is 7.76. The van der Waals surface area contributed by atoms with Gasteiger partial charge in [-0.2, -0.15) is 0 Å². The Morgan fingerprint density at radius 1 is 1.14 bits per heavy atom. The highest BCUT2D eigenvalue weighted by Gasteiger charge is 2.12. The Morgan fingerprint density at radius 3 is 2.24 bits per heavy atom. The van der Waals surface area contributed by atoms with E-state index in [1.54, 1.807) is 0 Å². The first-order chi connectivity index (χ1) is 9.90. The lowest BCUT2D eigenvalue weighted by molar-refractivity contribution is -0.121. The van der Waals surface area contributed by atoms with E-state index in [1.165, 1.54) is 0 Å². The summed E-state index contributed by atoms with van der Waals surface area (Å²) in [6.07, 6.45) is 1.27. The average molecular weight is 311 g/mol. The van der Waals surface area contributed by atoms with E-state index in [-0.39, 0.29) is 5.91 Å². The molecule has 1 amide bonds. The Bertz CT molecular complexity index is 421.